The Hall–Kier alpha value is -2.14. The number of ether oxygens (including phenoxy) is 1. The van der Waals surface area contributed by atoms with Crippen LogP contribution in [-0.2, 0) is 12.8 Å². The van der Waals surface area contributed by atoms with Crippen molar-refractivity contribution in [3.05, 3.63) is 35.5 Å². The summed E-state index contributed by atoms with van der Waals surface area (Å²) in [5, 5.41) is 3.44. The van der Waals surface area contributed by atoms with Crippen LogP contribution in [0.25, 0.3) is 11.4 Å². The second-order valence-corrected chi connectivity index (χ2v) is 6.82. The average molecular weight is 338 g/mol. The van der Waals surface area contributed by atoms with Crippen molar-refractivity contribution in [1.29, 1.82) is 0 Å². The van der Waals surface area contributed by atoms with Gasteiger partial charge in [0.2, 0.25) is 0 Å². The number of hydrogen-bond donors (Lipinski definition) is 1. The SMILES string of the molecule is COc1ccc(-c2nc3c(c(N4CCNCC4)n2)CCCCC3)cc1. The van der Waals surface area contributed by atoms with Gasteiger partial charge in [-0.15, -0.1) is 0 Å². The molecule has 0 bridgehead atoms. The summed E-state index contributed by atoms with van der Waals surface area (Å²) in [6.07, 6.45) is 5.94. The average Bonchev–Trinajstić information content (AvgIpc) is 2.93. The third kappa shape index (κ3) is 3.47. The zero-order chi connectivity index (χ0) is 17.1. The minimum Gasteiger partial charge on any atom is -0.497 e. The van der Waals surface area contributed by atoms with Crippen LogP contribution in [0.1, 0.15) is 30.5 Å². The van der Waals surface area contributed by atoms with Crippen molar-refractivity contribution in [3.63, 3.8) is 0 Å². The molecule has 0 atom stereocenters. The summed E-state index contributed by atoms with van der Waals surface area (Å²) in [4.78, 5) is 12.4. The fourth-order valence-corrected chi connectivity index (χ4v) is 3.76. The lowest BCUT2D eigenvalue weighted by Gasteiger charge is -2.31. The van der Waals surface area contributed by atoms with Gasteiger partial charge in [-0.05, 0) is 49.9 Å². The molecule has 1 saturated heterocycles. The van der Waals surface area contributed by atoms with E-state index in [9.17, 15) is 0 Å². The molecule has 1 fully saturated rings. The van der Waals surface area contributed by atoms with Gasteiger partial charge in [-0.2, -0.15) is 0 Å². The molecule has 0 spiro atoms. The Morgan fingerprint density at radius 1 is 0.960 bits per heavy atom. The van der Waals surface area contributed by atoms with Crippen LogP contribution in [0.2, 0.25) is 0 Å². The van der Waals surface area contributed by atoms with Gasteiger partial charge in [0.15, 0.2) is 5.82 Å². The second-order valence-electron chi connectivity index (χ2n) is 6.82. The molecule has 2 aliphatic rings. The lowest BCUT2D eigenvalue weighted by molar-refractivity contribution is 0.415. The fourth-order valence-electron chi connectivity index (χ4n) is 3.76. The predicted molar refractivity (Wildman–Crippen MR) is 100 cm³/mol. The fraction of sp³-hybridized carbons (Fsp3) is 0.500. The molecule has 1 aromatic heterocycles. The summed E-state index contributed by atoms with van der Waals surface area (Å²) in [7, 11) is 1.69. The molecule has 0 radical (unpaired) electrons. The van der Waals surface area contributed by atoms with E-state index in [4.69, 9.17) is 14.7 Å². The van der Waals surface area contributed by atoms with Gasteiger partial charge in [0.05, 0.1) is 7.11 Å². The maximum atomic E-state index is 5.28. The maximum Gasteiger partial charge on any atom is 0.161 e. The Morgan fingerprint density at radius 3 is 2.48 bits per heavy atom. The van der Waals surface area contributed by atoms with E-state index in [0.29, 0.717) is 0 Å². The lowest BCUT2D eigenvalue weighted by atomic mass is 10.1. The van der Waals surface area contributed by atoms with E-state index in [1.807, 2.05) is 12.1 Å². The van der Waals surface area contributed by atoms with Crippen molar-refractivity contribution in [2.24, 2.45) is 0 Å². The first-order chi connectivity index (χ1) is 12.3. The van der Waals surface area contributed by atoms with Crippen molar-refractivity contribution >= 4 is 5.82 Å². The van der Waals surface area contributed by atoms with Crippen LogP contribution in [0.4, 0.5) is 5.82 Å². The third-order valence-corrected chi connectivity index (χ3v) is 5.18. The summed E-state index contributed by atoms with van der Waals surface area (Å²) in [5.74, 6) is 2.87. The van der Waals surface area contributed by atoms with Crippen LogP contribution in [0.5, 0.6) is 5.75 Å². The number of aromatic nitrogens is 2. The number of anilines is 1. The van der Waals surface area contributed by atoms with Crippen molar-refractivity contribution in [2.45, 2.75) is 32.1 Å². The number of nitrogens with one attached hydrogen (secondary N) is 1. The van der Waals surface area contributed by atoms with Crippen LogP contribution in [0.3, 0.4) is 0 Å². The molecule has 1 aromatic carbocycles. The maximum absolute atomic E-state index is 5.28. The highest BCUT2D eigenvalue weighted by Gasteiger charge is 2.22. The number of benzene rings is 1. The first kappa shape index (κ1) is 16.3. The number of fused-ring (bicyclic) bond motifs is 1. The Labute approximate surface area is 149 Å². The van der Waals surface area contributed by atoms with Gasteiger partial charge in [0.25, 0.3) is 0 Å². The minimum atomic E-state index is 0.844. The smallest absolute Gasteiger partial charge is 0.161 e. The molecule has 4 rings (SSSR count). The molecule has 1 aliphatic carbocycles. The number of piperazine rings is 1. The van der Waals surface area contributed by atoms with Crippen LogP contribution >= 0.6 is 0 Å². The highest BCUT2D eigenvalue weighted by Crippen LogP contribution is 2.30. The summed E-state index contributed by atoms with van der Waals surface area (Å²) < 4.78 is 5.28. The number of methoxy groups -OCH3 is 1. The summed E-state index contributed by atoms with van der Waals surface area (Å²) in [6, 6.07) is 8.07. The van der Waals surface area contributed by atoms with Gasteiger partial charge in [-0.25, -0.2) is 9.97 Å². The molecule has 132 valence electrons. The molecule has 2 aromatic rings. The molecule has 1 aliphatic heterocycles. The molecule has 5 nitrogen and oxygen atoms in total. The van der Waals surface area contributed by atoms with Gasteiger partial charge in [0, 0.05) is 43.0 Å². The van der Waals surface area contributed by atoms with Crippen molar-refractivity contribution < 1.29 is 4.74 Å². The molecule has 0 unspecified atom stereocenters. The number of rotatable bonds is 3. The normalized spacial score (nSPS) is 17.7. The van der Waals surface area contributed by atoms with E-state index in [2.05, 4.69) is 22.3 Å². The molecule has 25 heavy (non-hydrogen) atoms. The summed E-state index contributed by atoms with van der Waals surface area (Å²) in [5.41, 5.74) is 3.70. The Morgan fingerprint density at radius 2 is 1.72 bits per heavy atom. The van der Waals surface area contributed by atoms with Crippen molar-refractivity contribution in [2.75, 3.05) is 38.2 Å². The Bertz CT molecular complexity index is 723. The largest absolute Gasteiger partial charge is 0.497 e. The van der Waals surface area contributed by atoms with Gasteiger partial charge in [-0.1, -0.05) is 6.42 Å². The number of aryl methyl sites for hydroxylation is 1. The molecular weight excluding hydrogens is 312 g/mol. The minimum absolute atomic E-state index is 0.844. The number of hydrogen-bond acceptors (Lipinski definition) is 5. The first-order valence-corrected chi connectivity index (χ1v) is 9.35. The Balaban J connectivity index is 1.77. The van der Waals surface area contributed by atoms with E-state index in [1.165, 1.54) is 36.3 Å². The van der Waals surface area contributed by atoms with Gasteiger partial charge < -0.3 is 15.0 Å². The molecule has 0 amide bonds. The van der Waals surface area contributed by atoms with Gasteiger partial charge in [0.1, 0.15) is 11.6 Å². The van der Waals surface area contributed by atoms with E-state index in [0.717, 1.165) is 56.2 Å². The van der Waals surface area contributed by atoms with E-state index < -0.39 is 0 Å². The highest BCUT2D eigenvalue weighted by atomic mass is 16.5. The quantitative estimate of drug-likeness (QED) is 0.872. The highest BCUT2D eigenvalue weighted by molar-refractivity contribution is 5.62. The van der Waals surface area contributed by atoms with E-state index in [1.54, 1.807) is 7.11 Å². The van der Waals surface area contributed by atoms with Crippen LogP contribution in [0.15, 0.2) is 24.3 Å². The summed E-state index contributed by atoms with van der Waals surface area (Å²) >= 11 is 0. The lowest BCUT2D eigenvalue weighted by Crippen LogP contribution is -2.44. The Kier molecular flexibility index (Phi) is 4.83. The monoisotopic (exact) mass is 338 g/mol. The van der Waals surface area contributed by atoms with Crippen molar-refractivity contribution in [1.82, 2.24) is 15.3 Å². The van der Waals surface area contributed by atoms with E-state index >= 15 is 0 Å². The van der Waals surface area contributed by atoms with E-state index in [-0.39, 0.29) is 0 Å². The van der Waals surface area contributed by atoms with Crippen LogP contribution < -0.4 is 15.0 Å². The van der Waals surface area contributed by atoms with Crippen LogP contribution in [0, 0.1) is 0 Å². The molecular formula is C20H26N4O. The van der Waals surface area contributed by atoms with Gasteiger partial charge >= 0.3 is 0 Å². The summed E-state index contributed by atoms with van der Waals surface area (Å²) in [6.45, 7) is 4.09. The molecule has 0 saturated carbocycles. The second kappa shape index (κ2) is 7.40. The molecule has 1 N–H and O–H groups in total. The predicted octanol–water partition coefficient (Wildman–Crippen LogP) is 2.83. The first-order valence-electron chi connectivity index (χ1n) is 9.35. The zero-order valence-electron chi connectivity index (χ0n) is 14.9. The van der Waals surface area contributed by atoms with Crippen molar-refractivity contribution in [3.8, 4) is 17.1 Å². The number of nitrogens with zero attached hydrogens (tertiary/aromatic N) is 3. The third-order valence-electron chi connectivity index (χ3n) is 5.18. The zero-order valence-corrected chi connectivity index (χ0v) is 14.9. The standard InChI is InChI=1S/C20H26N4O/c1-25-16-9-7-15(8-10-16)19-22-18-6-4-2-3-5-17(18)20(23-19)24-13-11-21-12-14-24/h7-10,21H,2-6,11-14H2,1H3. The molecule has 2 heterocycles. The van der Waals surface area contributed by atoms with Gasteiger partial charge in [-0.3, -0.25) is 0 Å². The topological polar surface area (TPSA) is 50.3 Å². The van der Waals surface area contributed by atoms with Crippen LogP contribution in [-0.4, -0.2) is 43.3 Å². The molecule has 5 heteroatoms.